The van der Waals surface area contributed by atoms with Crippen LogP contribution >= 0.6 is 0 Å². The fraction of sp³-hybridized carbons (Fsp3) is 0.364. The molecule has 0 saturated heterocycles. The van der Waals surface area contributed by atoms with E-state index in [2.05, 4.69) is 10.3 Å². The van der Waals surface area contributed by atoms with Gasteiger partial charge in [-0.3, -0.25) is 0 Å². The summed E-state index contributed by atoms with van der Waals surface area (Å²) < 4.78 is 18.4. The summed E-state index contributed by atoms with van der Waals surface area (Å²) in [4.78, 5) is 4.16. The van der Waals surface area contributed by atoms with Crippen molar-refractivity contribution in [2.75, 3.05) is 12.4 Å². The first-order valence-electron chi connectivity index (χ1n) is 5.13. The first-order valence-corrected chi connectivity index (χ1v) is 5.13. The van der Waals surface area contributed by atoms with Crippen LogP contribution in [-0.4, -0.2) is 19.1 Å². The van der Waals surface area contributed by atoms with Crippen LogP contribution in [0.15, 0.2) is 23.2 Å². The number of nitrogens with zero attached hydrogens (tertiary/aromatic N) is 1. The molecule has 0 spiro atoms. The molecule has 1 saturated carbocycles. The van der Waals surface area contributed by atoms with Gasteiger partial charge in [-0.05, 0) is 25.0 Å². The normalized spacial score (nSPS) is 16.0. The van der Waals surface area contributed by atoms with E-state index in [0.717, 1.165) is 12.8 Å². The molecule has 1 fully saturated rings. The number of aliphatic imine (C=N–C) groups is 1. The number of guanidine groups is 1. The molecule has 0 atom stereocenters. The highest BCUT2D eigenvalue weighted by molar-refractivity contribution is 5.92. The Hall–Kier alpha value is -1.78. The van der Waals surface area contributed by atoms with Crippen LogP contribution in [0.25, 0.3) is 0 Å². The summed E-state index contributed by atoms with van der Waals surface area (Å²) in [7, 11) is 1.53. The van der Waals surface area contributed by atoms with E-state index < -0.39 is 0 Å². The number of hydrogen-bond acceptors (Lipinski definition) is 2. The SMILES string of the molecule is COc1ccc(F)c(NC(N)=NC2CC2)c1. The maximum Gasteiger partial charge on any atom is 0.193 e. The third kappa shape index (κ3) is 2.62. The molecule has 0 radical (unpaired) electrons. The number of benzene rings is 1. The van der Waals surface area contributed by atoms with Gasteiger partial charge in [0.25, 0.3) is 0 Å². The predicted octanol–water partition coefficient (Wildman–Crippen LogP) is 1.72. The zero-order chi connectivity index (χ0) is 11.5. The number of methoxy groups -OCH3 is 1. The quantitative estimate of drug-likeness (QED) is 0.606. The molecule has 1 aromatic rings. The van der Waals surface area contributed by atoms with E-state index >= 15 is 0 Å². The molecule has 16 heavy (non-hydrogen) atoms. The molecule has 5 heteroatoms. The molecule has 0 aromatic heterocycles. The van der Waals surface area contributed by atoms with E-state index in [-0.39, 0.29) is 17.5 Å². The van der Waals surface area contributed by atoms with E-state index in [1.54, 1.807) is 12.1 Å². The van der Waals surface area contributed by atoms with Gasteiger partial charge in [0.05, 0.1) is 18.8 Å². The van der Waals surface area contributed by atoms with Crippen LogP contribution in [0.5, 0.6) is 5.75 Å². The number of nitrogens with one attached hydrogen (secondary N) is 1. The Bertz CT molecular complexity index is 416. The summed E-state index contributed by atoms with van der Waals surface area (Å²) >= 11 is 0. The lowest BCUT2D eigenvalue weighted by Crippen LogP contribution is -2.23. The summed E-state index contributed by atoms with van der Waals surface area (Å²) in [6.07, 6.45) is 2.12. The number of anilines is 1. The lowest BCUT2D eigenvalue weighted by molar-refractivity contribution is 0.414. The van der Waals surface area contributed by atoms with Crippen molar-refractivity contribution in [2.24, 2.45) is 10.7 Å². The summed E-state index contributed by atoms with van der Waals surface area (Å²) in [5, 5.41) is 2.73. The Balaban J connectivity index is 2.12. The summed E-state index contributed by atoms with van der Waals surface area (Å²) in [6.45, 7) is 0. The van der Waals surface area contributed by atoms with Gasteiger partial charge in [0, 0.05) is 6.07 Å². The van der Waals surface area contributed by atoms with E-state index in [0.29, 0.717) is 11.8 Å². The van der Waals surface area contributed by atoms with Gasteiger partial charge in [0.2, 0.25) is 0 Å². The minimum Gasteiger partial charge on any atom is -0.497 e. The molecule has 3 N–H and O–H groups in total. The standard InChI is InChI=1S/C11H14FN3O/c1-16-8-4-5-9(12)10(6-8)15-11(13)14-7-2-3-7/h4-7H,2-3H2,1H3,(H3,13,14,15). The van der Waals surface area contributed by atoms with Crippen molar-refractivity contribution in [1.82, 2.24) is 0 Å². The van der Waals surface area contributed by atoms with Crippen LogP contribution in [0.2, 0.25) is 0 Å². The van der Waals surface area contributed by atoms with Crippen molar-refractivity contribution in [2.45, 2.75) is 18.9 Å². The van der Waals surface area contributed by atoms with Crippen molar-refractivity contribution in [3.63, 3.8) is 0 Å². The molecule has 2 rings (SSSR count). The minimum atomic E-state index is -0.380. The average Bonchev–Trinajstić information content (AvgIpc) is 3.05. The molecule has 0 amide bonds. The number of ether oxygens (including phenoxy) is 1. The molecule has 0 aliphatic heterocycles. The third-order valence-electron chi connectivity index (χ3n) is 2.30. The van der Waals surface area contributed by atoms with Gasteiger partial charge in [-0.15, -0.1) is 0 Å². The smallest absolute Gasteiger partial charge is 0.193 e. The Morgan fingerprint density at radius 3 is 2.94 bits per heavy atom. The van der Waals surface area contributed by atoms with Crippen molar-refractivity contribution in [3.8, 4) is 5.75 Å². The monoisotopic (exact) mass is 223 g/mol. The van der Waals surface area contributed by atoms with Gasteiger partial charge < -0.3 is 15.8 Å². The van der Waals surface area contributed by atoms with Crippen molar-refractivity contribution in [3.05, 3.63) is 24.0 Å². The Labute approximate surface area is 93.3 Å². The lowest BCUT2D eigenvalue weighted by Gasteiger charge is -2.08. The third-order valence-corrected chi connectivity index (χ3v) is 2.30. The minimum absolute atomic E-state index is 0.245. The molecule has 0 unspecified atom stereocenters. The number of halogens is 1. The van der Waals surface area contributed by atoms with E-state index in [4.69, 9.17) is 10.5 Å². The second kappa shape index (κ2) is 4.38. The highest BCUT2D eigenvalue weighted by Crippen LogP contribution is 2.24. The van der Waals surface area contributed by atoms with Gasteiger partial charge in [-0.25, -0.2) is 9.38 Å². The van der Waals surface area contributed by atoms with Crippen LogP contribution < -0.4 is 15.8 Å². The highest BCUT2D eigenvalue weighted by atomic mass is 19.1. The van der Waals surface area contributed by atoms with Crippen LogP contribution in [-0.2, 0) is 0 Å². The maximum atomic E-state index is 13.4. The Morgan fingerprint density at radius 1 is 1.56 bits per heavy atom. The van der Waals surface area contributed by atoms with Crippen LogP contribution in [0.4, 0.5) is 10.1 Å². The van der Waals surface area contributed by atoms with Gasteiger partial charge in [0.15, 0.2) is 5.96 Å². The van der Waals surface area contributed by atoms with Crippen LogP contribution in [0, 0.1) is 5.82 Å². The zero-order valence-corrected chi connectivity index (χ0v) is 9.03. The van der Waals surface area contributed by atoms with Gasteiger partial charge >= 0.3 is 0 Å². The largest absolute Gasteiger partial charge is 0.497 e. The van der Waals surface area contributed by atoms with Crippen molar-refractivity contribution in [1.29, 1.82) is 0 Å². The fourth-order valence-electron chi connectivity index (χ4n) is 1.30. The molecule has 4 nitrogen and oxygen atoms in total. The molecule has 86 valence electrons. The lowest BCUT2D eigenvalue weighted by atomic mass is 10.3. The molecular formula is C11H14FN3O. The zero-order valence-electron chi connectivity index (χ0n) is 9.03. The van der Waals surface area contributed by atoms with Crippen molar-refractivity contribution < 1.29 is 9.13 Å². The second-order valence-corrected chi connectivity index (χ2v) is 3.72. The maximum absolute atomic E-state index is 13.4. The van der Waals surface area contributed by atoms with Gasteiger partial charge in [0.1, 0.15) is 11.6 Å². The van der Waals surface area contributed by atoms with E-state index in [1.807, 2.05) is 0 Å². The Kier molecular flexibility index (Phi) is 2.94. The molecule has 1 aromatic carbocycles. The Morgan fingerprint density at radius 2 is 2.31 bits per heavy atom. The number of rotatable bonds is 3. The molecule has 1 aliphatic rings. The van der Waals surface area contributed by atoms with Gasteiger partial charge in [-0.1, -0.05) is 0 Å². The van der Waals surface area contributed by atoms with E-state index in [1.165, 1.54) is 13.2 Å². The average molecular weight is 223 g/mol. The van der Waals surface area contributed by atoms with Crippen LogP contribution in [0.3, 0.4) is 0 Å². The highest BCUT2D eigenvalue weighted by Gasteiger charge is 2.20. The van der Waals surface area contributed by atoms with Crippen molar-refractivity contribution >= 4 is 11.6 Å². The summed E-state index contributed by atoms with van der Waals surface area (Å²) in [6, 6.07) is 4.73. The predicted molar refractivity (Wildman–Crippen MR) is 61.2 cm³/mol. The second-order valence-electron chi connectivity index (χ2n) is 3.72. The first kappa shape index (κ1) is 10.7. The fourth-order valence-corrected chi connectivity index (χ4v) is 1.30. The van der Waals surface area contributed by atoms with Crippen LogP contribution in [0.1, 0.15) is 12.8 Å². The topological polar surface area (TPSA) is 59.6 Å². The molecule has 0 heterocycles. The number of nitrogens with two attached hydrogens (primary N) is 1. The van der Waals surface area contributed by atoms with Gasteiger partial charge in [-0.2, -0.15) is 0 Å². The summed E-state index contributed by atoms with van der Waals surface area (Å²) in [5.41, 5.74) is 5.92. The first-order chi connectivity index (χ1) is 7.69. The number of hydrogen-bond donors (Lipinski definition) is 2. The molecule has 1 aliphatic carbocycles. The molecular weight excluding hydrogens is 209 g/mol. The molecule has 0 bridgehead atoms. The summed E-state index contributed by atoms with van der Waals surface area (Å²) in [5.74, 6) is 0.438. The van der Waals surface area contributed by atoms with E-state index in [9.17, 15) is 4.39 Å².